The van der Waals surface area contributed by atoms with Gasteiger partial charge >= 0.3 is 5.08 Å². The molecule has 50 valence electrons. The van der Waals surface area contributed by atoms with Crippen molar-refractivity contribution in [1.29, 1.82) is 5.39 Å². The maximum Gasteiger partial charge on any atom is 0.344 e. The molecule has 0 saturated carbocycles. The van der Waals surface area contributed by atoms with Gasteiger partial charge in [-0.25, -0.2) is 0 Å². The van der Waals surface area contributed by atoms with E-state index in [-0.39, 0.29) is 10.9 Å². The first kappa shape index (κ1) is 6.49. The Kier molecular flexibility index (Phi) is 1.80. The summed E-state index contributed by atoms with van der Waals surface area (Å²) >= 11 is 0. The van der Waals surface area contributed by atoms with E-state index in [4.69, 9.17) is 5.39 Å². The van der Waals surface area contributed by atoms with Crippen LogP contribution in [0.1, 0.15) is 0 Å². The van der Waals surface area contributed by atoms with Gasteiger partial charge in [-0.2, -0.15) is 0 Å². The molecule has 0 N–H and O–H groups in total. The van der Waals surface area contributed by atoms with Crippen LogP contribution in [-0.4, -0.2) is 0 Å². The van der Waals surface area contributed by atoms with E-state index < -0.39 is 0 Å². The fourth-order valence-corrected chi connectivity index (χ4v) is 0.603. The molecule has 0 aliphatic carbocycles. The molecular weight excluding hydrogens is 133 g/mol. The maximum absolute atomic E-state index is 12.3. The number of para-hydroxylation sites is 1. The Labute approximate surface area is 57.2 Å². The molecule has 0 aliphatic rings. The second-order valence-electron chi connectivity index (χ2n) is 1.69. The molecule has 0 amide bonds. The average Bonchev–Trinajstić information content (AvgIpc) is 2.05. The molecule has 0 aromatic heterocycles. The second-order valence-corrected chi connectivity index (χ2v) is 1.69. The first-order valence-corrected chi connectivity index (χ1v) is 2.70. The number of anilines is 1. The van der Waals surface area contributed by atoms with Crippen molar-refractivity contribution in [3.8, 4) is 0 Å². The van der Waals surface area contributed by atoms with Crippen LogP contribution in [-0.2, 0) is 0 Å². The van der Waals surface area contributed by atoms with Gasteiger partial charge in [-0.1, -0.05) is 18.2 Å². The van der Waals surface area contributed by atoms with E-state index in [9.17, 15) is 4.48 Å². The van der Waals surface area contributed by atoms with Crippen molar-refractivity contribution in [2.24, 2.45) is 0 Å². The zero-order valence-electron chi connectivity index (χ0n) is 5.11. The standard InChI is InChI=1S/C6H5FN3/c7-10(9-8)6-4-2-1-3-5-6/h1-5H/q+1. The number of hydrogen-bond donors (Lipinski definition) is 0. The van der Waals surface area contributed by atoms with Crippen LogP contribution in [0.25, 0.3) is 5.08 Å². The third-order valence-electron chi connectivity index (χ3n) is 1.05. The number of rotatable bonds is 1. The summed E-state index contributed by atoms with van der Waals surface area (Å²) in [7, 11) is 0. The zero-order valence-corrected chi connectivity index (χ0v) is 5.11. The van der Waals surface area contributed by atoms with E-state index in [0.29, 0.717) is 0 Å². The number of halogens is 1. The monoisotopic (exact) mass is 138 g/mol. The van der Waals surface area contributed by atoms with E-state index in [1.807, 2.05) is 0 Å². The van der Waals surface area contributed by atoms with Gasteiger partial charge in [0.15, 0.2) is 10.9 Å². The largest absolute Gasteiger partial charge is 0.344 e. The minimum absolute atomic E-state index is 0.111. The molecule has 3 nitrogen and oxygen atoms in total. The molecule has 0 aliphatic heterocycles. The van der Waals surface area contributed by atoms with E-state index in [2.05, 4.69) is 5.08 Å². The normalized spacial score (nSPS) is 8.40. The smallest absolute Gasteiger partial charge is 0.0621 e. The van der Waals surface area contributed by atoms with Crippen LogP contribution in [0.4, 0.5) is 10.2 Å². The summed E-state index contributed by atoms with van der Waals surface area (Å²) in [6, 6.07) is 8.01. The van der Waals surface area contributed by atoms with Gasteiger partial charge in [0.1, 0.15) is 0 Å². The van der Waals surface area contributed by atoms with Gasteiger partial charge in [0, 0.05) is 0 Å². The molecule has 4 heteroatoms. The summed E-state index contributed by atoms with van der Waals surface area (Å²) in [5, 5.41) is 10.2. The van der Waals surface area contributed by atoms with Crippen molar-refractivity contribution in [2.45, 2.75) is 0 Å². The fraction of sp³-hybridized carbons (Fsp3) is 0. The molecule has 0 saturated heterocycles. The Hall–Kier alpha value is -1.63. The highest BCUT2D eigenvalue weighted by Gasteiger charge is 2.12. The Bertz CT molecular complexity index is 241. The lowest BCUT2D eigenvalue weighted by atomic mass is 10.3. The van der Waals surface area contributed by atoms with Gasteiger partial charge in [0.25, 0.3) is 5.39 Å². The summed E-state index contributed by atoms with van der Waals surface area (Å²) in [5.74, 6) is 0. The third-order valence-corrected chi connectivity index (χ3v) is 1.05. The van der Waals surface area contributed by atoms with Crippen molar-refractivity contribution in [3.05, 3.63) is 35.4 Å². The number of benzene rings is 1. The lowest BCUT2D eigenvalue weighted by molar-refractivity contribution is 0.490. The predicted molar refractivity (Wildman–Crippen MR) is 35.1 cm³/mol. The van der Waals surface area contributed by atoms with E-state index in [1.54, 1.807) is 18.2 Å². The van der Waals surface area contributed by atoms with Crippen LogP contribution in [0.2, 0.25) is 0 Å². The highest BCUT2D eigenvalue weighted by molar-refractivity contribution is 5.43. The molecule has 0 spiro atoms. The van der Waals surface area contributed by atoms with Crippen LogP contribution >= 0.6 is 0 Å². The van der Waals surface area contributed by atoms with Crippen LogP contribution in [0.15, 0.2) is 30.3 Å². The van der Waals surface area contributed by atoms with Gasteiger partial charge in [0.2, 0.25) is 0 Å². The summed E-state index contributed by atoms with van der Waals surface area (Å²) in [6.45, 7) is 0. The first-order valence-electron chi connectivity index (χ1n) is 2.70. The molecule has 0 radical (unpaired) electrons. The lowest BCUT2D eigenvalue weighted by Gasteiger charge is -1.88. The molecule has 1 rings (SSSR count). The van der Waals surface area contributed by atoms with E-state index in [1.165, 1.54) is 12.1 Å². The number of hydrogen-bond acceptors (Lipinski definition) is 2. The number of diazo groups is 1. The van der Waals surface area contributed by atoms with Crippen molar-refractivity contribution in [2.75, 3.05) is 5.23 Å². The van der Waals surface area contributed by atoms with E-state index in [0.717, 1.165) is 0 Å². The Morgan fingerprint density at radius 3 is 2.40 bits per heavy atom. The molecule has 1 aromatic carbocycles. The van der Waals surface area contributed by atoms with Gasteiger partial charge in [-0.05, 0) is 16.6 Å². The van der Waals surface area contributed by atoms with Crippen molar-refractivity contribution < 1.29 is 4.48 Å². The Morgan fingerprint density at radius 1 is 1.30 bits per heavy atom. The van der Waals surface area contributed by atoms with Gasteiger partial charge in [-0.3, -0.25) is 0 Å². The minimum Gasteiger partial charge on any atom is -0.0621 e. The molecule has 0 heterocycles. The van der Waals surface area contributed by atoms with E-state index >= 15 is 0 Å². The molecule has 0 bridgehead atoms. The maximum atomic E-state index is 12.3. The second kappa shape index (κ2) is 2.78. The van der Waals surface area contributed by atoms with Crippen LogP contribution in [0, 0.1) is 5.39 Å². The van der Waals surface area contributed by atoms with Gasteiger partial charge in [0.05, 0.1) is 0 Å². The Balaban J connectivity index is 2.88. The summed E-state index contributed by atoms with van der Waals surface area (Å²) in [5.41, 5.74) is 0.199. The lowest BCUT2D eigenvalue weighted by Crippen LogP contribution is -1.96. The topological polar surface area (TPSA) is 31.4 Å². The highest BCUT2D eigenvalue weighted by atomic mass is 19.2. The van der Waals surface area contributed by atoms with Crippen molar-refractivity contribution >= 4 is 5.69 Å². The quantitative estimate of drug-likeness (QED) is 0.338. The van der Waals surface area contributed by atoms with Crippen molar-refractivity contribution in [3.63, 3.8) is 0 Å². The predicted octanol–water partition coefficient (Wildman–Crippen LogP) is 2.15. The first-order chi connectivity index (χ1) is 4.84. The molecule has 10 heavy (non-hydrogen) atoms. The summed E-state index contributed by atoms with van der Waals surface area (Å²) in [4.78, 5) is 0. The zero-order chi connectivity index (χ0) is 7.40. The molecule has 1 aromatic rings. The number of nitrogens with zero attached hydrogens (tertiary/aromatic N) is 3. The Morgan fingerprint density at radius 2 is 1.90 bits per heavy atom. The molecule has 0 atom stereocenters. The van der Waals surface area contributed by atoms with Crippen molar-refractivity contribution in [1.82, 2.24) is 0 Å². The molecule has 0 unspecified atom stereocenters. The minimum atomic E-state index is -0.111. The van der Waals surface area contributed by atoms with Gasteiger partial charge in [-0.15, -0.1) is 0 Å². The third kappa shape index (κ3) is 1.20. The highest BCUT2D eigenvalue weighted by Crippen LogP contribution is 2.12. The molecular formula is C6H5FN3+. The van der Waals surface area contributed by atoms with Crippen LogP contribution in [0.3, 0.4) is 0 Å². The summed E-state index contributed by atoms with van der Waals surface area (Å²) < 4.78 is 12.3. The van der Waals surface area contributed by atoms with Crippen LogP contribution < -0.4 is 5.23 Å². The average molecular weight is 138 g/mol. The van der Waals surface area contributed by atoms with Crippen LogP contribution in [0.5, 0.6) is 0 Å². The van der Waals surface area contributed by atoms with Gasteiger partial charge < -0.3 is 0 Å². The fourth-order valence-electron chi connectivity index (χ4n) is 0.603. The summed E-state index contributed by atoms with van der Waals surface area (Å²) in [6.07, 6.45) is 0. The molecule has 0 fully saturated rings. The SMILES string of the molecule is N#[N+]N(F)c1ccccc1.